The Balaban J connectivity index is 0.000000188. The number of hydrogen-bond donors (Lipinski definition) is 1. The molecule has 0 radical (unpaired) electrons. The summed E-state index contributed by atoms with van der Waals surface area (Å²) < 4.78 is 11.7. The molecule has 0 aliphatic heterocycles. The third kappa shape index (κ3) is 3.85. The quantitative estimate of drug-likeness (QED) is 0.746. The molecule has 0 aromatic carbocycles. The largest absolute Gasteiger partial charge is 0.459 e. The molecule has 0 saturated heterocycles. The lowest BCUT2D eigenvalue weighted by molar-refractivity contribution is 0.109. The SMILES string of the molecule is Cc1ccc(C=O)o1.Cc1noc(C)c1Cn1ccc(N)n1. The molecule has 3 rings (SSSR count). The van der Waals surface area contributed by atoms with Crippen molar-refractivity contribution < 1.29 is 13.7 Å². The van der Waals surface area contributed by atoms with E-state index in [1.54, 1.807) is 29.8 Å². The molecule has 0 bridgehead atoms. The standard InChI is InChI=1S/C9H12N4O.C6H6O2/c1-6-8(7(2)14-12-6)5-13-4-3-9(10)11-13;1-5-2-3-6(4-7)8-5/h3-4H,5H2,1-2H3,(H2,10,11);2-4H,1H3. The highest BCUT2D eigenvalue weighted by atomic mass is 16.5. The van der Waals surface area contributed by atoms with Crippen molar-refractivity contribution in [3.8, 4) is 0 Å². The first-order chi connectivity index (χ1) is 10.5. The van der Waals surface area contributed by atoms with Crippen molar-refractivity contribution in [3.05, 3.63) is 52.9 Å². The fourth-order valence-electron chi connectivity index (χ4n) is 1.87. The summed E-state index contributed by atoms with van der Waals surface area (Å²) in [5, 5.41) is 7.96. The molecule has 3 heterocycles. The lowest BCUT2D eigenvalue weighted by Crippen LogP contribution is -2.02. The number of carbonyl (C=O) groups excluding carboxylic acids is 1. The monoisotopic (exact) mass is 302 g/mol. The number of aryl methyl sites for hydroxylation is 3. The zero-order valence-corrected chi connectivity index (χ0v) is 12.7. The second-order valence-electron chi connectivity index (χ2n) is 4.81. The number of nitrogens with two attached hydrogens (primary N) is 1. The number of rotatable bonds is 3. The van der Waals surface area contributed by atoms with Gasteiger partial charge in [-0.1, -0.05) is 5.16 Å². The van der Waals surface area contributed by atoms with E-state index in [-0.39, 0.29) is 0 Å². The number of aromatic nitrogens is 3. The van der Waals surface area contributed by atoms with Crippen LogP contribution in [0.15, 0.2) is 33.3 Å². The molecule has 0 unspecified atom stereocenters. The van der Waals surface area contributed by atoms with Crippen LogP contribution in [0, 0.1) is 20.8 Å². The fraction of sp³-hybridized carbons (Fsp3) is 0.267. The van der Waals surface area contributed by atoms with Gasteiger partial charge >= 0.3 is 0 Å². The minimum absolute atomic E-state index is 0.391. The topological polar surface area (TPSA) is 100 Å². The molecule has 0 aliphatic rings. The van der Waals surface area contributed by atoms with Crippen molar-refractivity contribution in [3.63, 3.8) is 0 Å². The van der Waals surface area contributed by atoms with Gasteiger partial charge in [-0.05, 0) is 39.0 Å². The van der Waals surface area contributed by atoms with Gasteiger partial charge in [0.2, 0.25) is 0 Å². The van der Waals surface area contributed by atoms with Crippen molar-refractivity contribution in [2.24, 2.45) is 0 Å². The Morgan fingerprint density at radius 2 is 2.05 bits per heavy atom. The molecule has 3 aromatic rings. The number of nitrogen functional groups attached to an aromatic ring is 1. The zero-order chi connectivity index (χ0) is 16.1. The molecule has 7 heteroatoms. The normalized spacial score (nSPS) is 10.1. The van der Waals surface area contributed by atoms with Crippen LogP contribution < -0.4 is 5.73 Å². The molecule has 0 saturated carbocycles. The van der Waals surface area contributed by atoms with E-state index in [1.165, 1.54) is 0 Å². The van der Waals surface area contributed by atoms with E-state index >= 15 is 0 Å². The lowest BCUT2D eigenvalue weighted by Gasteiger charge is -1.99. The van der Waals surface area contributed by atoms with Crippen LogP contribution in [0.2, 0.25) is 0 Å². The van der Waals surface area contributed by atoms with Crippen LogP contribution >= 0.6 is 0 Å². The maximum atomic E-state index is 9.93. The highest BCUT2D eigenvalue weighted by Crippen LogP contribution is 2.13. The number of furan rings is 1. The van der Waals surface area contributed by atoms with Crippen molar-refractivity contribution in [2.75, 3.05) is 5.73 Å². The molecule has 0 fully saturated rings. The van der Waals surface area contributed by atoms with Gasteiger partial charge in [0.15, 0.2) is 12.0 Å². The van der Waals surface area contributed by atoms with Gasteiger partial charge in [0.1, 0.15) is 17.3 Å². The van der Waals surface area contributed by atoms with Gasteiger partial charge in [0.05, 0.1) is 12.2 Å². The average Bonchev–Trinajstić information content (AvgIpc) is 3.17. The number of carbonyl (C=O) groups is 1. The maximum Gasteiger partial charge on any atom is 0.185 e. The van der Waals surface area contributed by atoms with Gasteiger partial charge in [-0.15, -0.1) is 0 Å². The fourth-order valence-corrected chi connectivity index (χ4v) is 1.87. The van der Waals surface area contributed by atoms with Crippen LogP contribution in [-0.4, -0.2) is 21.2 Å². The first kappa shape index (κ1) is 15.6. The molecule has 0 amide bonds. The third-order valence-corrected chi connectivity index (χ3v) is 3.04. The van der Waals surface area contributed by atoms with Crippen LogP contribution in [0.25, 0.3) is 0 Å². The molecular formula is C15H18N4O3. The molecule has 3 aromatic heterocycles. The summed E-state index contributed by atoms with van der Waals surface area (Å²) in [6.07, 6.45) is 2.52. The van der Waals surface area contributed by atoms with E-state index in [2.05, 4.69) is 10.3 Å². The minimum atomic E-state index is 0.391. The highest BCUT2D eigenvalue weighted by Gasteiger charge is 2.09. The van der Waals surface area contributed by atoms with Crippen molar-refractivity contribution in [1.29, 1.82) is 0 Å². The van der Waals surface area contributed by atoms with Crippen LogP contribution in [-0.2, 0) is 6.54 Å². The van der Waals surface area contributed by atoms with Gasteiger partial charge < -0.3 is 14.7 Å². The molecule has 7 nitrogen and oxygen atoms in total. The summed E-state index contributed by atoms with van der Waals surface area (Å²) in [5.41, 5.74) is 7.48. The summed E-state index contributed by atoms with van der Waals surface area (Å²) in [4.78, 5) is 9.93. The Kier molecular flexibility index (Phi) is 4.77. The van der Waals surface area contributed by atoms with Crippen molar-refractivity contribution in [1.82, 2.24) is 14.9 Å². The Bertz CT molecular complexity index is 735. The second kappa shape index (κ2) is 6.75. The van der Waals surface area contributed by atoms with E-state index in [9.17, 15) is 4.79 Å². The predicted molar refractivity (Wildman–Crippen MR) is 80.6 cm³/mol. The Hall–Kier alpha value is -2.83. The maximum absolute atomic E-state index is 9.93. The van der Waals surface area contributed by atoms with Crippen LogP contribution in [0.1, 0.15) is 33.3 Å². The van der Waals surface area contributed by atoms with Gasteiger partial charge in [-0.2, -0.15) is 5.10 Å². The summed E-state index contributed by atoms with van der Waals surface area (Å²) in [5.74, 6) is 2.52. The van der Waals surface area contributed by atoms with Crippen LogP contribution in [0.4, 0.5) is 5.82 Å². The van der Waals surface area contributed by atoms with Gasteiger partial charge in [0, 0.05) is 11.8 Å². The van der Waals surface area contributed by atoms with E-state index in [0.29, 0.717) is 24.4 Å². The molecule has 0 aliphatic carbocycles. The third-order valence-electron chi connectivity index (χ3n) is 3.04. The molecule has 116 valence electrons. The Labute approximate surface area is 127 Å². The van der Waals surface area contributed by atoms with Gasteiger partial charge in [-0.3, -0.25) is 9.48 Å². The summed E-state index contributed by atoms with van der Waals surface area (Å²) in [7, 11) is 0. The first-order valence-electron chi connectivity index (χ1n) is 6.72. The smallest absolute Gasteiger partial charge is 0.185 e. The Morgan fingerprint density at radius 3 is 2.45 bits per heavy atom. The molecule has 0 spiro atoms. The zero-order valence-electron chi connectivity index (χ0n) is 12.7. The van der Waals surface area contributed by atoms with E-state index in [0.717, 1.165) is 22.8 Å². The first-order valence-corrected chi connectivity index (χ1v) is 6.72. The molecular weight excluding hydrogens is 284 g/mol. The summed E-state index contributed by atoms with van der Waals surface area (Å²) in [6.45, 7) is 6.26. The van der Waals surface area contributed by atoms with E-state index < -0.39 is 0 Å². The predicted octanol–water partition coefficient (Wildman–Crippen LogP) is 2.52. The van der Waals surface area contributed by atoms with Crippen LogP contribution in [0.5, 0.6) is 0 Å². The average molecular weight is 302 g/mol. The molecule has 0 atom stereocenters. The van der Waals surface area contributed by atoms with E-state index in [1.807, 2.05) is 20.0 Å². The minimum Gasteiger partial charge on any atom is -0.459 e. The number of hydrogen-bond acceptors (Lipinski definition) is 6. The van der Waals surface area contributed by atoms with Crippen LogP contribution in [0.3, 0.4) is 0 Å². The second-order valence-corrected chi connectivity index (χ2v) is 4.81. The number of anilines is 1. The van der Waals surface area contributed by atoms with Crippen molar-refractivity contribution >= 4 is 12.1 Å². The van der Waals surface area contributed by atoms with Gasteiger partial charge in [0.25, 0.3) is 0 Å². The highest BCUT2D eigenvalue weighted by molar-refractivity contribution is 5.70. The molecule has 22 heavy (non-hydrogen) atoms. The van der Waals surface area contributed by atoms with Crippen molar-refractivity contribution in [2.45, 2.75) is 27.3 Å². The summed E-state index contributed by atoms with van der Waals surface area (Å²) >= 11 is 0. The van der Waals surface area contributed by atoms with E-state index in [4.69, 9.17) is 14.7 Å². The lowest BCUT2D eigenvalue weighted by atomic mass is 10.2. The summed E-state index contributed by atoms with van der Waals surface area (Å²) in [6, 6.07) is 5.16. The Morgan fingerprint density at radius 1 is 1.27 bits per heavy atom. The molecule has 2 N–H and O–H groups in total. The number of nitrogens with zero attached hydrogens (tertiary/aromatic N) is 3. The number of aldehydes is 1. The van der Waals surface area contributed by atoms with Gasteiger partial charge in [-0.25, -0.2) is 0 Å².